The Morgan fingerprint density at radius 3 is 2.52 bits per heavy atom. The van der Waals surface area contributed by atoms with Crippen molar-refractivity contribution in [2.24, 2.45) is 0 Å². The number of fused-ring (bicyclic) bond motifs is 3. The number of amides is 2. The lowest BCUT2D eigenvalue weighted by Gasteiger charge is -2.25. The van der Waals surface area contributed by atoms with Gasteiger partial charge in [0.1, 0.15) is 11.7 Å². The van der Waals surface area contributed by atoms with Crippen LogP contribution in [0, 0.1) is 0 Å². The first-order valence-electron chi connectivity index (χ1n) is 10.0. The molecule has 1 aromatic carbocycles. The zero-order chi connectivity index (χ0) is 23.5. The lowest BCUT2D eigenvalue weighted by Crippen LogP contribution is -2.46. The van der Waals surface area contributed by atoms with Crippen molar-refractivity contribution in [3.8, 4) is 11.1 Å². The van der Waals surface area contributed by atoms with Gasteiger partial charge in [-0.25, -0.2) is 4.98 Å². The minimum absolute atomic E-state index is 0. The summed E-state index contributed by atoms with van der Waals surface area (Å²) in [5, 5.41) is 11.8. The van der Waals surface area contributed by atoms with Gasteiger partial charge in [0.05, 0.1) is 25.6 Å². The average Bonchev–Trinajstić information content (AvgIpc) is 2.85. The van der Waals surface area contributed by atoms with Gasteiger partial charge in [-0.2, -0.15) is 13.2 Å². The number of ketones is 1. The number of benzene rings is 1. The fraction of sp³-hybridized carbons (Fsp3) is 0.364. The number of hydrogen-bond donors (Lipinski definition) is 2. The van der Waals surface area contributed by atoms with E-state index in [4.69, 9.17) is 0 Å². The zero-order valence-electron chi connectivity index (χ0n) is 17.7. The summed E-state index contributed by atoms with van der Waals surface area (Å²) in [7, 11) is 0. The van der Waals surface area contributed by atoms with Crippen molar-refractivity contribution in [1.82, 2.24) is 10.3 Å². The van der Waals surface area contributed by atoms with Crippen molar-refractivity contribution in [2.75, 3.05) is 18.1 Å². The molecule has 0 saturated heterocycles. The van der Waals surface area contributed by atoms with E-state index in [2.05, 4.69) is 10.3 Å². The van der Waals surface area contributed by atoms with Gasteiger partial charge in [-0.15, -0.1) is 0 Å². The molecule has 0 saturated carbocycles. The summed E-state index contributed by atoms with van der Waals surface area (Å²) in [6.45, 7) is 0.853. The lowest BCUT2D eigenvalue weighted by atomic mass is 9.86. The van der Waals surface area contributed by atoms with Gasteiger partial charge >= 0.3 is 6.18 Å². The summed E-state index contributed by atoms with van der Waals surface area (Å²) in [6, 6.07) is 8.98. The van der Waals surface area contributed by atoms with Crippen LogP contribution in [-0.2, 0) is 14.4 Å². The lowest BCUT2D eigenvalue weighted by molar-refractivity contribution is -0.144. The molecule has 2 aromatic rings. The molecular weight excluding hydrogens is 443 g/mol. The molecule has 1 aliphatic rings. The molecule has 4 N–H and O–H groups in total. The molecular formula is C22H24F3N3O5. The number of aromatic nitrogens is 1. The summed E-state index contributed by atoms with van der Waals surface area (Å²) >= 11 is 0. The maximum atomic E-state index is 13.4. The number of nitrogens with zero attached hydrogens (tertiary/aromatic N) is 2. The Hall–Kier alpha value is -3.31. The predicted molar refractivity (Wildman–Crippen MR) is 113 cm³/mol. The van der Waals surface area contributed by atoms with Crippen LogP contribution in [0.4, 0.5) is 19.0 Å². The number of halogens is 3. The smallest absolute Gasteiger partial charge is 0.389 e. The summed E-state index contributed by atoms with van der Waals surface area (Å²) in [5.74, 6) is -3.28. The van der Waals surface area contributed by atoms with Crippen molar-refractivity contribution in [3.05, 3.63) is 48.2 Å². The highest BCUT2D eigenvalue weighted by Crippen LogP contribution is 2.40. The third kappa shape index (κ3) is 5.74. The number of aliphatic hydroxyl groups is 1. The van der Waals surface area contributed by atoms with Crippen LogP contribution in [0.2, 0.25) is 0 Å². The second-order valence-corrected chi connectivity index (χ2v) is 7.42. The molecule has 2 amide bonds. The predicted octanol–water partition coefficient (Wildman–Crippen LogP) is 1.76. The standard InChI is InChI=1S/C22H22F3N3O4.H2O/c1-13(27-17(30)8-9-22(23,24)25)19(31)18-15-6-3-2-5-14(15)16-7-4-10-26-20(16)28(11-12-29)21(18)32;/h2-7,10,13,18,29H,8-9,11-12H2,1H3,(H,27,30);1H2/t13?,18-;/m0./s1. The Kier molecular flexibility index (Phi) is 8.29. The van der Waals surface area contributed by atoms with Gasteiger partial charge in [-0.1, -0.05) is 24.3 Å². The van der Waals surface area contributed by atoms with E-state index < -0.39 is 48.6 Å². The van der Waals surface area contributed by atoms with Gasteiger partial charge in [-0.3, -0.25) is 19.3 Å². The first kappa shape index (κ1) is 25.9. The fourth-order valence-corrected chi connectivity index (χ4v) is 3.69. The maximum absolute atomic E-state index is 13.4. The van der Waals surface area contributed by atoms with E-state index in [0.717, 1.165) is 0 Å². The van der Waals surface area contributed by atoms with Gasteiger partial charge in [0, 0.05) is 18.2 Å². The van der Waals surface area contributed by atoms with Gasteiger partial charge < -0.3 is 15.9 Å². The Balaban J connectivity index is 0.00000385. The fourth-order valence-electron chi connectivity index (χ4n) is 3.69. The van der Waals surface area contributed by atoms with E-state index in [1.807, 2.05) is 0 Å². The van der Waals surface area contributed by atoms with Crippen molar-refractivity contribution >= 4 is 23.4 Å². The Labute approximate surface area is 187 Å². The molecule has 33 heavy (non-hydrogen) atoms. The van der Waals surface area contributed by atoms with Crippen LogP contribution < -0.4 is 10.2 Å². The molecule has 0 fully saturated rings. The topological polar surface area (TPSA) is 131 Å². The number of carbonyl (C=O) groups is 3. The van der Waals surface area contributed by atoms with Crippen LogP contribution in [0.15, 0.2) is 42.6 Å². The highest BCUT2D eigenvalue weighted by Gasteiger charge is 2.40. The molecule has 3 rings (SSSR count). The van der Waals surface area contributed by atoms with Crippen LogP contribution in [0.1, 0.15) is 31.2 Å². The third-order valence-corrected chi connectivity index (χ3v) is 5.17. The van der Waals surface area contributed by atoms with Crippen molar-refractivity contribution in [1.29, 1.82) is 0 Å². The number of aliphatic hydroxyl groups excluding tert-OH is 1. The zero-order valence-corrected chi connectivity index (χ0v) is 17.7. The average molecular weight is 467 g/mol. The molecule has 0 bridgehead atoms. The number of hydrogen-bond acceptors (Lipinski definition) is 5. The van der Waals surface area contributed by atoms with E-state index in [1.54, 1.807) is 36.4 Å². The molecule has 2 atom stereocenters. The minimum atomic E-state index is -4.50. The quantitative estimate of drug-likeness (QED) is 0.599. The molecule has 1 aromatic heterocycles. The SMILES string of the molecule is CC(NC(=O)CCC(F)(F)F)C(=O)[C@H]1C(=O)N(CCO)c2ncccc2-c2ccccc21.O. The molecule has 0 spiro atoms. The monoisotopic (exact) mass is 467 g/mol. The van der Waals surface area contributed by atoms with E-state index >= 15 is 0 Å². The molecule has 0 aliphatic carbocycles. The number of carbonyl (C=O) groups excluding carboxylic acids is 3. The highest BCUT2D eigenvalue weighted by atomic mass is 19.4. The first-order chi connectivity index (χ1) is 15.1. The van der Waals surface area contributed by atoms with Crippen molar-refractivity contribution < 1.29 is 38.1 Å². The van der Waals surface area contributed by atoms with Crippen LogP contribution in [0.25, 0.3) is 11.1 Å². The summed E-state index contributed by atoms with van der Waals surface area (Å²) in [6.07, 6.45) is -5.13. The summed E-state index contributed by atoms with van der Waals surface area (Å²) in [4.78, 5) is 44.2. The largest absolute Gasteiger partial charge is 0.412 e. The van der Waals surface area contributed by atoms with Gasteiger partial charge in [0.15, 0.2) is 5.78 Å². The third-order valence-electron chi connectivity index (χ3n) is 5.17. The Morgan fingerprint density at radius 2 is 1.85 bits per heavy atom. The number of β-amino-alcohol motifs (C(OH)–C–C–N with tert-alkyl or cyclic N) is 1. The van der Waals surface area contributed by atoms with Gasteiger partial charge in [-0.05, 0) is 30.2 Å². The van der Waals surface area contributed by atoms with Gasteiger partial charge in [0.25, 0.3) is 0 Å². The normalized spacial score (nSPS) is 16.1. The molecule has 0 radical (unpaired) electrons. The van der Waals surface area contributed by atoms with E-state index in [0.29, 0.717) is 16.7 Å². The number of Topliss-reactive ketones (excluding diaryl/α,β-unsaturated/α-hetero) is 1. The maximum Gasteiger partial charge on any atom is 0.389 e. The number of anilines is 1. The number of rotatable bonds is 7. The minimum Gasteiger partial charge on any atom is -0.412 e. The van der Waals surface area contributed by atoms with Crippen LogP contribution in [0.5, 0.6) is 0 Å². The van der Waals surface area contributed by atoms with Crippen molar-refractivity contribution in [3.63, 3.8) is 0 Å². The van der Waals surface area contributed by atoms with E-state index in [9.17, 15) is 32.7 Å². The summed E-state index contributed by atoms with van der Waals surface area (Å²) in [5.41, 5.74) is 1.59. The molecule has 178 valence electrons. The number of alkyl halides is 3. The van der Waals surface area contributed by atoms with Crippen molar-refractivity contribution in [2.45, 2.75) is 37.9 Å². The van der Waals surface area contributed by atoms with E-state index in [1.165, 1.54) is 18.0 Å². The van der Waals surface area contributed by atoms with Crippen LogP contribution in [-0.4, -0.2) is 58.5 Å². The molecule has 1 aliphatic heterocycles. The Morgan fingerprint density at radius 1 is 1.18 bits per heavy atom. The number of pyridine rings is 1. The summed E-state index contributed by atoms with van der Waals surface area (Å²) < 4.78 is 37.2. The van der Waals surface area contributed by atoms with Gasteiger partial charge in [0.2, 0.25) is 11.8 Å². The van der Waals surface area contributed by atoms with Crippen LogP contribution in [0.3, 0.4) is 0 Å². The van der Waals surface area contributed by atoms with Crippen LogP contribution >= 0.6 is 0 Å². The highest BCUT2D eigenvalue weighted by molar-refractivity contribution is 6.17. The molecule has 2 heterocycles. The number of nitrogens with one attached hydrogen (secondary N) is 1. The second kappa shape index (κ2) is 10.5. The molecule has 11 heteroatoms. The molecule has 8 nitrogen and oxygen atoms in total. The first-order valence-corrected chi connectivity index (χ1v) is 10.0. The Bertz CT molecular complexity index is 1030. The second-order valence-electron chi connectivity index (χ2n) is 7.42. The van der Waals surface area contributed by atoms with E-state index in [-0.39, 0.29) is 24.4 Å². The molecule has 1 unspecified atom stereocenters.